The SMILES string of the molecule is Nc1ncnc2c1c1ccccc1n2CC(=O)N1C[C@H](F)C[C@H]1C(=O)Nc1cccc(Br)n1. The number of hydrogen-bond acceptors (Lipinski definition) is 6. The van der Waals surface area contributed by atoms with Gasteiger partial charge in [0.05, 0.1) is 17.4 Å². The number of pyridine rings is 1. The van der Waals surface area contributed by atoms with Crippen LogP contribution < -0.4 is 11.1 Å². The van der Waals surface area contributed by atoms with Crippen LogP contribution in [0.1, 0.15) is 6.42 Å². The van der Waals surface area contributed by atoms with Gasteiger partial charge in [-0.25, -0.2) is 19.3 Å². The van der Waals surface area contributed by atoms with Crippen molar-refractivity contribution in [3.05, 3.63) is 53.4 Å². The number of anilines is 2. The van der Waals surface area contributed by atoms with Crippen LogP contribution in [0.2, 0.25) is 0 Å². The fraction of sp³-hybridized carbons (Fsp3) is 0.227. The normalized spacial score (nSPS) is 18.2. The molecule has 0 spiro atoms. The number of nitrogens with one attached hydrogen (secondary N) is 1. The number of nitrogen functional groups attached to an aromatic ring is 1. The Hall–Kier alpha value is -3.60. The highest BCUT2D eigenvalue weighted by atomic mass is 79.9. The summed E-state index contributed by atoms with van der Waals surface area (Å²) in [5.41, 5.74) is 7.34. The molecule has 9 nitrogen and oxygen atoms in total. The van der Waals surface area contributed by atoms with Gasteiger partial charge in [-0.15, -0.1) is 0 Å². The fourth-order valence-corrected chi connectivity index (χ4v) is 4.61. The van der Waals surface area contributed by atoms with Crippen molar-refractivity contribution in [3.8, 4) is 0 Å². The molecule has 1 aromatic carbocycles. The van der Waals surface area contributed by atoms with Gasteiger partial charge in [0.15, 0.2) is 0 Å². The molecule has 1 aliphatic heterocycles. The Morgan fingerprint density at radius 2 is 2.00 bits per heavy atom. The third-order valence-corrected chi connectivity index (χ3v) is 6.15. The number of amides is 2. The van der Waals surface area contributed by atoms with Gasteiger partial charge in [-0.2, -0.15) is 0 Å². The lowest BCUT2D eigenvalue weighted by atomic mass is 10.2. The Morgan fingerprint density at radius 3 is 2.82 bits per heavy atom. The minimum atomic E-state index is -1.30. The first-order valence-electron chi connectivity index (χ1n) is 10.3. The van der Waals surface area contributed by atoms with Crippen LogP contribution in [0.4, 0.5) is 16.0 Å². The van der Waals surface area contributed by atoms with Crippen molar-refractivity contribution in [2.45, 2.75) is 25.2 Å². The molecule has 4 aromatic rings. The first kappa shape index (κ1) is 21.3. The van der Waals surface area contributed by atoms with Gasteiger partial charge < -0.3 is 20.5 Å². The first-order valence-corrected chi connectivity index (χ1v) is 11.1. The fourth-order valence-electron chi connectivity index (χ4n) is 4.27. The lowest BCUT2D eigenvalue weighted by Crippen LogP contribution is -2.44. The second-order valence-corrected chi connectivity index (χ2v) is 8.60. The van der Waals surface area contributed by atoms with E-state index >= 15 is 0 Å². The molecule has 0 bridgehead atoms. The van der Waals surface area contributed by atoms with Gasteiger partial charge in [-0.05, 0) is 34.1 Å². The Morgan fingerprint density at radius 1 is 1.18 bits per heavy atom. The predicted molar refractivity (Wildman–Crippen MR) is 125 cm³/mol. The summed E-state index contributed by atoms with van der Waals surface area (Å²) in [6, 6.07) is 11.6. The van der Waals surface area contributed by atoms with E-state index in [4.69, 9.17) is 5.73 Å². The number of carbonyl (C=O) groups excluding carboxylic acids is 2. The van der Waals surface area contributed by atoms with Crippen molar-refractivity contribution < 1.29 is 14.0 Å². The van der Waals surface area contributed by atoms with Crippen LogP contribution in [0.15, 0.2) is 53.4 Å². The van der Waals surface area contributed by atoms with Gasteiger partial charge in [0.2, 0.25) is 11.8 Å². The Balaban J connectivity index is 1.44. The topological polar surface area (TPSA) is 119 Å². The van der Waals surface area contributed by atoms with Crippen molar-refractivity contribution in [2.24, 2.45) is 0 Å². The van der Waals surface area contributed by atoms with Gasteiger partial charge in [0, 0.05) is 11.8 Å². The number of carbonyl (C=O) groups is 2. The summed E-state index contributed by atoms with van der Waals surface area (Å²) in [5, 5.41) is 4.14. The molecule has 0 radical (unpaired) electrons. The molecule has 0 unspecified atom stereocenters. The molecule has 1 saturated heterocycles. The summed E-state index contributed by atoms with van der Waals surface area (Å²) in [6.45, 7) is -0.275. The van der Waals surface area contributed by atoms with Gasteiger partial charge in [-0.3, -0.25) is 9.59 Å². The molecule has 1 aliphatic rings. The zero-order chi connectivity index (χ0) is 23.1. The molecule has 3 N–H and O–H groups in total. The third kappa shape index (κ3) is 3.88. The quantitative estimate of drug-likeness (QED) is 0.406. The van der Waals surface area contributed by atoms with Crippen molar-refractivity contribution in [1.29, 1.82) is 0 Å². The number of nitrogens with two attached hydrogens (primary N) is 1. The van der Waals surface area contributed by atoms with Gasteiger partial charge in [0.25, 0.3) is 0 Å². The van der Waals surface area contributed by atoms with Gasteiger partial charge in [-0.1, -0.05) is 24.3 Å². The second-order valence-electron chi connectivity index (χ2n) is 7.79. The van der Waals surface area contributed by atoms with Crippen LogP contribution in [0.25, 0.3) is 21.9 Å². The van der Waals surface area contributed by atoms with E-state index in [1.807, 2.05) is 24.3 Å². The van der Waals surface area contributed by atoms with Crippen LogP contribution in [-0.4, -0.2) is 55.0 Å². The van der Waals surface area contributed by atoms with E-state index in [0.29, 0.717) is 27.3 Å². The van der Waals surface area contributed by atoms with E-state index < -0.39 is 24.0 Å². The molecule has 0 saturated carbocycles. The standard InChI is InChI=1S/C22H19BrFN7O2/c23-16-6-3-7-17(28-16)29-22(33)15-8-12(24)9-30(15)18(32)10-31-14-5-2-1-4-13(14)19-20(25)26-11-27-21(19)31/h1-7,11-12,15H,8-10H2,(H2,25,26,27)(H,28,29,33)/t12-,15+/m1/s1. The maximum Gasteiger partial charge on any atom is 0.248 e. The van der Waals surface area contributed by atoms with Crippen LogP contribution in [-0.2, 0) is 16.1 Å². The monoisotopic (exact) mass is 511 g/mol. The maximum atomic E-state index is 14.3. The summed E-state index contributed by atoms with van der Waals surface area (Å²) in [6.07, 6.45) is -0.0311. The van der Waals surface area contributed by atoms with Crippen molar-refractivity contribution in [2.75, 3.05) is 17.6 Å². The first-order chi connectivity index (χ1) is 15.9. The largest absolute Gasteiger partial charge is 0.383 e. The molecular formula is C22H19BrFN7O2. The van der Waals surface area contributed by atoms with Crippen LogP contribution in [0.3, 0.4) is 0 Å². The lowest BCUT2D eigenvalue weighted by Gasteiger charge is -2.24. The zero-order valence-corrected chi connectivity index (χ0v) is 18.9. The van der Waals surface area contributed by atoms with Crippen LogP contribution >= 0.6 is 15.9 Å². The molecule has 4 heterocycles. The number of benzene rings is 1. The van der Waals surface area contributed by atoms with E-state index in [0.717, 1.165) is 10.9 Å². The minimum absolute atomic E-state index is 0.0755. The smallest absolute Gasteiger partial charge is 0.248 e. The number of halogens is 2. The number of para-hydroxylation sites is 1. The predicted octanol–water partition coefficient (Wildman–Crippen LogP) is 2.90. The van der Waals surface area contributed by atoms with E-state index in [2.05, 4.69) is 36.2 Å². The highest BCUT2D eigenvalue weighted by Crippen LogP contribution is 2.31. The number of aromatic nitrogens is 4. The summed E-state index contributed by atoms with van der Waals surface area (Å²) in [5.74, 6) is -0.245. The summed E-state index contributed by atoms with van der Waals surface area (Å²) in [7, 11) is 0. The zero-order valence-electron chi connectivity index (χ0n) is 17.3. The second kappa shape index (κ2) is 8.39. The molecule has 33 heavy (non-hydrogen) atoms. The lowest BCUT2D eigenvalue weighted by molar-refractivity contribution is -0.137. The molecular weight excluding hydrogens is 493 g/mol. The number of fused-ring (bicyclic) bond motifs is 3. The van der Waals surface area contributed by atoms with Crippen molar-refractivity contribution >= 4 is 61.3 Å². The molecule has 5 rings (SSSR count). The Labute approximate surface area is 195 Å². The minimum Gasteiger partial charge on any atom is -0.383 e. The van der Waals surface area contributed by atoms with E-state index in [1.54, 1.807) is 22.8 Å². The summed E-state index contributed by atoms with van der Waals surface area (Å²) in [4.78, 5) is 40.0. The van der Waals surface area contributed by atoms with Gasteiger partial charge in [0.1, 0.15) is 47.0 Å². The molecule has 2 amide bonds. The highest BCUT2D eigenvalue weighted by Gasteiger charge is 2.40. The number of hydrogen-bond donors (Lipinski definition) is 2. The molecule has 0 aliphatic carbocycles. The number of alkyl halides is 1. The molecule has 3 aromatic heterocycles. The van der Waals surface area contributed by atoms with Crippen molar-refractivity contribution in [1.82, 2.24) is 24.4 Å². The number of nitrogens with zero attached hydrogens (tertiary/aromatic N) is 5. The summed E-state index contributed by atoms with van der Waals surface area (Å²) < 4.78 is 16.6. The van der Waals surface area contributed by atoms with Gasteiger partial charge >= 0.3 is 0 Å². The van der Waals surface area contributed by atoms with E-state index in [9.17, 15) is 14.0 Å². The average Bonchev–Trinajstić information content (AvgIpc) is 3.33. The third-order valence-electron chi connectivity index (χ3n) is 5.71. The highest BCUT2D eigenvalue weighted by molar-refractivity contribution is 9.10. The van der Waals surface area contributed by atoms with Crippen LogP contribution in [0, 0.1) is 0 Å². The average molecular weight is 512 g/mol. The maximum absolute atomic E-state index is 14.3. The Kier molecular flexibility index (Phi) is 5.41. The molecule has 11 heteroatoms. The van der Waals surface area contributed by atoms with E-state index in [1.165, 1.54) is 11.2 Å². The Bertz CT molecular complexity index is 1390. The summed E-state index contributed by atoms with van der Waals surface area (Å²) >= 11 is 3.25. The molecule has 168 valence electrons. The number of likely N-dealkylation sites (tertiary alicyclic amines) is 1. The molecule has 2 atom stereocenters. The van der Waals surface area contributed by atoms with Crippen LogP contribution in [0.5, 0.6) is 0 Å². The molecule has 1 fully saturated rings. The van der Waals surface area contributed by atoms with E-state index in [-0.39, 0.29) is 19.5 Å². The number of rotatable bonds is 4. The van der Waals surface area contributed by atoms with Crippen molar-refractivity contribution in [3.63, 3.8) is 0 Å².